The minimum Gasteiger partial charge on any atom is -0.392 e. The molecule has 1 N–H and O–H groups in total. The Bertz CT molecular complexity index is 356. The maximum absolute atomic E-state index is 12.1. The number of hydrogen-bond acceptors (Lipinski definition) is 2. The van der Waals surface area contributed by atoms with E-state index in [-0.39, 0.29) is 17.8 Å². The summed E-state index contributed by atoms with van der Waals surface area (Å²) in [5, 5.41) is 9.24. The van der Waals surface area contributed by atoms with Gasteiger partial charge < -0.3 is 5.11 Å². The molecule has 2 saturated carbocycles. The number of carbonyl (C=O) groups excluding carboxylic acids is 1. The van der Waals surface area contributed by atoms with Gasteiger partial charge in [-0.1, -0.05) is 26.7 Å². The number of aliphatic hydroxyl groups excluding tert-OH is 1. The van der Waals surface area contributed by atoms with Crippen LogP contribution in [0.2, 0.25) is 0 Å². The predicted molar refractivity (Wildman–Crippen MR) is 68.6 cm³/mol. The molecule has 0 bridgehead atoms. The molecule has 0 unspecified atom stereocenters. The number of carbonyl (C=O) groups is 1. The normalized spacial score (nSPS) is 41.1. The van der Waals surface area contributed by atoms with Crippen LogP contribution in [0.5, 0.6) is 0 Å². The van der Waals surface area contributed by atoms with E-state index in [2.05, 4.69) is 13.8 Å². The van der Waals surface area contributed by atoms with Crippen LogP contribution >= 0.6 is 0 Å². The quantitative estimate of drug-likeness (QED) is 0.710. The average molecular weight is 236 g/mol. The molecule has 0 heterocycles. The Morgan fingerprint density at radius 2 is 2.18 bits per heavy atom. The lowest BCUT2D eigenvalue weighted by Gasteiger charge is -2.50. The summed E-state index contributed by atoms with van der Waals surface area (Å²) in [6.07, 6.45) is 5.34. The molecule has 2 aliphatic rings. The summed E-state index contributed by atoms with van der Waals surface area (Å²) in [4.78, 5) is 12.1. The first-order valence-corrected chi connectivity index (χ1v) is 6.81. The van der Waals surface area contributed by atoms with Crippen LogP contribution in [-0.2, 0) is 4.79 Å². The summed E-state index contributed by atoms with van der Waals surface area (Å²) in [5.74, 6) is 1.54. The van der Waals surface area contributed by atoms with E-state index in [4.69, 9.17) is 0 Å². The third-order valence-corrected chi connectivity index (χ3v) is 5.33. The molecule has 96 valence electrons. The Kier molecular flexibility index (Phi) is 3.44. The van der Waals surface area contributed by atoms with Gasteiger partial charge in [0.2, 0.25) is 0 Å². The van der Waals surface area contributed by atoms with Gasteiger partial charge in [0.05, 0.1) is 6.61 Å². The molecular weight excluding hydrogens is 212 g/mol. The Labute approximate surface area is 104 Å². The highest BCUT2D eigenvalue weighted by Crippen LogP contribution is 2.53. The van der Waals surface area contributed by atoms with Crippen molar-refractivity contribution in [3.8, 4) is 0 Å². The topological polar surface area (TPSA) is 37.3 Å². The van der Waals surface area contributed by atoms with Crippen LogP contribution in [0, 0.1) is 17.3 Å². The molecule has 2 aliphatic carbocycles. The highest BCUT2D eigenvalue weighted by atomic mass is 16.3. The van der Waals surface area contributed by atoms with Crippen molar-refractivity contribution in [2.45, 2.75) is 52.9 Å². The summed E-state index contributed by atoms with van der Waals surface area (Å²) in [6, 6.07) is 0. The van der Waals surface area contributed by atoms with Crippen LogP contribution in [-0.4, -0.2) is 17.5 Å². The molecule has 2 nitrogen and oxygen atoms in total. The minimum atomic E-state index is 0.0240. The molecule has 0 aliphatic heterocycles. The zero-order chi connectivity index (χ0) is 12.6. The molecule has 0 radical (unpaired) electrons. The number of Topliss-reactive ketones (excluding diaryl/α,β-unsaturated/α-hetero) is 1. The van der Waals surface area contributed by atoms with Crippen LogP contribution < -0.4 is 0 Å². The number of ketones is 1. The van der Waals surface area contributed by atoms with Gasteiger partial charge in [0.15, 0.2) is 5.78 Å². The van der Waals surface area contributed by atoms with Crippen molar-refractivity contribution in [3.05, 3.63) is 11.1 Å². The van der Waals surface area contributed by atoms with Gasteiger partial charge in [-0.2, -0.15) is 0 Å². The Morgan fingerprint density at radius 3 is 2.82 bits per heavy atom. The fourth-order valence-corrected chi connectivity index (χ4v) is 3.70. The van der Waals surface area contributed by atoms with E-state index in [1.54, 1.807) is 0 Å². The van der Waals surface area contributed by atoms with Gasteiger partial charge in [0.25, 0.3) is 0 Å². The van der Waals surface area contributed by atoms with Crippen molar-refractivity contribution in [3.63, 3.8) is 0 Å². The van der Waals surface area contributed by atoms with Gasteiger partial charge in [-0.25, -0.2) is 0 Å². The van der Waals surface area contributed by atoms with Gasteiger partial charge in [0, 0.05) is 6.42 Å². The first kappa shape index (κ1) is 12.8. The fourth-order valence-electron chi connectivity index (χ4n) is 3.70. The smallest absolute Gasteiger partial charge is 0.159 e. The molecule has 0 spiro atoms. The molecule has 2 heteroatoms. The maximum Gasteiger partial charge on any atom is 0.159 e. The molecule has 2 fully saturated rings. The lowest BCUT2D eigenvalue weighted by Crippen LogP contribution is -2.43. The molecule has 0 aromatic carbocycles. The third kappa shape index (κ3) is 2.08. The van der Waals surface area contributed by atoms with E-state index >= 15 is 0 Å². The van der Waals surface area contributed by atoms with E-state index < -0.39 is 0 Å². The van der Waals surface area contributed by atoms with Crippen LogP contribution in [0.1, 0.15) is 52.9 Å². The Morgan fingerprint density at radius 1 is 1.47 bits per heavy atom. The molecule has 0 amide bonds. The lowest BCUT2D eigenvalue weighted by molar-refractivity contribution is -0.122. The lowest BCUT2D eigenvalue weighted by atomic mass is 9.54. The van der Waals surface area contributed by atoms with Crippen molar-refractivity contribution >= 4 is 5.78 Å². The zero-order valence-electron chi connectivity index (χ0n) is 11.3. The highest BCUT2D eigenvalue weighted by Gasteiger charge is 2.46. The molecule has 3 atom stereocenters. The van der Waals surface area contributed by atoms with Crippen LogP contribution in [0.4, 0.5) is 0 Å². The largest absolute Gasteiger partial charge is 0.392 e. The predicted octanol–water partition coefficient (Wildman–Crippen LogP) is 3.10. The molecule has 0 aromatic heterocycles. The van der Waals surface area contributed by atoms with Crippen molar-refractivity contribution in [1.82, 2.24) is 0 Å². The van der Waals surface area contributed by atoms with Crippen LogP contribution in [0.15, 0.2) is 11.1 Å². The number of fused-ring (bicyclic) bond motifs is 1. The van der Waals surface area contributed by atoms with E-state index in [0.717, 1.165) is 17.6 Å². The van der Waals surface area contributed by atoms with Crippen LogP contribution in [0.25, 0.3) is 0 Å². The first-order valence-electron chi connectivity index (χ1n) is 6.81. The Balaban J connectivity index is 2.32. The first-order chi connectivity index (χ1) is 7.99. The van der Waals surface area contributed by atoms with Crippen molar-refractivity contribution in [1.29, 1.82) is 0 Å². The number of aliphatic hydroxyl groups is 1. The van der Waals surface area contributed by atoms with Gasteiger partial charge >= 0.3 is 0 Å². The number of hydrogen-bond donors (Lipinski definition) is 1. The van der Waals surface area contributed by atoms with E-state index in [9.17, 15) is 9.90 Å². The second-order valence-electron chi connectivity index (χ2n) is 6.26. The standard InChI is InChI=1S/C15H24O2/c1-10(9-16)13-8-15(3)11(2)5-4-6-12(15)7-14(13)17/h11-12,16H,4-9H2,1-3H3/b13-10+/t11-,12+,15+/m0/s1. The molecule has 0 saturated heterocycles. The summed E-state index contributed by atoms with van der Waals surface area (Å²) >= 11 is 0. The SMILES string of the molecule is C/C(CO)=C1/C[C@@]2(C)[C@H](CCC[C@@H]2C)CC1=O. The summed E-state index contributed by atoms with van der Waals surface area (Å²) in [7, 11) is 0. The summed E-state index contributed by atoms with van der Waals surface area (Å²) in [6.45, 7) is 6.59. The second-order valence-corrected chi connectivity index (χ2v) is 6.26. The van der Waals surface area contributed by atoms with Crippen molar-refractivity contribution in [2.75, 3.05) is 6.61 Å². The molecule has 2 rings (SSSR count). The zero-order valence-corrected chi connectivity index (χ0v) is 11.3. The average Bonchev–Trinajstić information content (AvgIpc) is 2.31. The number of allylic oxidation sites excluding steroid dienone is 1. The molecular formula is C15H24O2. The second kappa shape index (κ2) is 4.56. The molecule has 17 heavy (non-hydrogen) atoms. The highest BCUT2D eigenvalue weighted by molar-refractivity contribution is 5.97. The van der Waals surface area contributed by atoms with Gasteiger partial charge in [-0.3, -0.25) is 4.79 Å². The van der Waals surface area contributed by atoms with Crippen molar-refractivity contribution < 1.29 is 9.90 Å². The third-order valence-electron chi connectivity index (χ3n) is 5.33. The van der Waals surface area contributed by atoms with E-state index in [0.29, 0.717) is 18.3 Å². The fraction of sp³-hybridized carbons (Fsp3) is 0.800. The number of rotatable bonds is 1. The van der Waals surface area contributed by atoms with Crippen LogP contribution in [0.3, 0.4) is 0 Å². The summed E-state index contributed by atoms with van der Waals surface area (Å²) < 4.78 is 0. The van der Waals surface area contributed by atoms with Crippen molar-refractivity contribution in [2.24, 2.45) is 17.3 Å². The monoisotopic (exact) mass is 236 g/mol. The van der Waals surface area contributed by atoms with Gasteiger partial charge in [0.1, 0.15) is 0 Å². The van der Waals surface area contributed by atoms with Gasteiger partial charge in [-0.05, 0) is 48.2 Å². The maximum atomic E-state index is 12.1. The minimum absolute atomic E-state index is 0.0240. The van der Waals surface area contributed by atoms with Gasteiger partial charge in [-0.15, -0.1) is 0 Å². The van der Waals surface area contributed by atoms with E-state index in [1.807, 2.05) is 6.92 Å². The Hall–Kier alpha value is -0.630. The molecule has 0 aromatic rings. The van der Waals surface area contributed by atoms with E-state index in [1.165, 1.54) is 19.3 Å². The summed E-state index contributed by atoms with van der Waals surface area (Å²) in [5.41, 5.74) is 2.07.